The largest absolute Gasteiger partial charge is 0.323 e. The third-order valence-electron chi connectivity index (χ3n) is 3.30. The molecule has 1 saturated carbocycles. The molecule has 1 aromatic rings. The monoisotopic (exact) mass is 250 g/mol. The van der Waals surface area contributed by atoms with E-state index in [0.717, 1.165) is 36.3 Å². The van der Waals surface area contributed by atoms with Gasteiger partial charge in [-0.05, 0) is 31.2 Å². The van der Waals surface area contributed by atoms with Crippen LogP contribution in [0.25, 0.3) is 0 Å². The molecule has 3 N–H and O–H groups in total. The van der Waals surface area contributed by atoms with Gasteiger partial charge < -0.3 is 11.1 Å². The molecule has 4 heteroatoms. The summed E-state index contributed by atoms with van der Waals surface area (Å²) in [5.41, 5.74) is 6.32. The van der Waals surface area contributed by atoms with Crippen LogP contribution < -0.4 is 11.1 Å². The molecule has 3 nitrogen and oxygen atoms in total. The second kappa shape index (κ2) is 5.10. The number of benzene rings is 1. The minimum atomic E-state index is -0.661. The lowest BCUT2D eigenvalue weighted by molar-refractivity contribution is -0.121. The Kier molecular flexibility index (Phi) is 3.74. The van der Waals surface area contributed by atoms with Gasteiger partial charge in [0.2, 0.25) is 5.91 Å². The van der Waals surface area contributed by atoms with Gasteiger partial charge in [0.25, 0.3) is 0 Å². The highest BCUT2D eigenvalue weighted by Gasteiger charge is 2.37. The van der Waals surface area contributed by atoms with Gasteiger partial charge in [-0.15, -0.1) is 11.8 Å². The first-order valence-corrected chi connectivity index (χ1v) is 7.11. The van der Waals surface area contributed by atoms with Gasteiger partial charge in [0, 0.05) is 4.90 Å². The van der Waals surface area contributed by atoms with Gasteiger partial charge in [-0.25, -0.2) is 0 Å². The lowest BCUT2D eigenvalue weighted by Crippen LogP contribution is -2.48. The van der Waals surface area contributed by atoms with E-state index < -0.39 is 5.54 Å². The third-order valence-corrected chi connectivity index (χ3v) is 4.10. The Labute approximate surface area is 106 Å². The van der Waals surface area contributed by atoms with E-state index in [1.54, 1.807) is 11.8 Å². The fourth-order valence-corrected chi connectivity index (χ4v) is 2.78. The number of nitrogens with two attached hydrogens (primary N) is 1. The molecule has 2 rings (SSSR count). The van der Waals surface area contributed by atoms with E-state index in [4.69, 9.17) is 5.73 Å². The molecule has 0 radical (unpaired) electrons. The van der Waals surface area contributed by atoms with Gasteiger partial charge in [-0.3, -0.25) is 4.79 Å². The van der Waals surface area contributed by atoms with Crippen molar-refractivity contribution in [3.05, 3.63) is 24.3 Å². The Morgan fingerprint density at radius 3 is 2.65 bits per heavy atom. The molecule has 0 saturated heterocycles. The molecule has 0 unspecified atom stereocenters. The van der Waals surface area contributed by atoms with Gasteiger partial charge in [-0.1, -0.05) is 25.0 Å². The normalized spacial score (nSPS) is 18.0. The second-order valence-corrected chi connectivity index (χ2v) is 5.37. The highest BCUT2D eigenvalue weighted by atomic mass is 32.2. The molecular weight excluding hydrogens is 232 g/mol. The molecule has 1 aliphatic rings. The molecule has 1 aliphatic carbocycles. The molecule has 0 bridgehead atoms. The van der Waals surface area contributed by atoms with Crippen LogP contribution in [0.5, 0.6) is 0 Å². The molecule has 92 valence electrons. The van der Waals surface area contributed by atoms with Crippen LogP contribution in [0, 0.1) is 0 Å². The summed E-state index contributed by atoms with van der Waals surface area (Å²) < 4.78 is 0. The predicted molar refractivity (Wildman–Crippen MR) is 72.2 cm³/mol. The van der Waals surface area contributed by atoms with Crippen molar-refractivity contribution in [2.75, 3.05) is 11.6 Å². The standard InChI is InChI=1S/C13H18N2OS/c1-17-11-7-3-2-6-10(11)15-12(16)13(14)8-4-5-9-13/h2-3,6-7H,4-5,8-9,14H2,1H3,(H,15,16). The Bertz CT molecular complexity index is 414. The summed E-state index contributed by atoms with van der Waals surface area (Å²) in [6.07, 6.45) is 5.68. The SMILES string of the molecule is CSc1ccccc1NC(=O)C1(N)CCCC1. The van der Waals surface area contributed by atoms with Crippen LogP contribution in [-0.4, -0.2) is 17.7 Å². The van der Waals surface area contributed by atoms with E-state index in [9.17, 15) is 4.79 Å². The highest BCUT2D eigenvalue weighted by molar-refractivity contribution is 7.98. The lowest BCUT2D eigenvalue weighted by atomic mass is 9.98. The van der Waals surface area contributed by atoms with Crippen molar-refractivity contribution < 1.29 is 4.79 Å². The molecule has 17 heavy (non-hydrogen) atoms. The number of carbonyl (C=O) groups excluding carboxylic acids is 1. The first-order valence-electron chi connectivity index (χ1n) is 5.89. The van der Waals surface area contributed by atoms with E-state index in [1.165, 1.54) is 0 Å². The summed E-state index contributed by atoms with van der Waals surface area (Å²) >= 11 is 1.62. The molecule has 0 heterocycles. The predicted octanol–water partition coefficient (Wildman–Crippen LogP) is 2.62. The number of carbonyl (C=O) groups is 1. The molecular formula is C13H18N2OS. The number of para-hydroxylation sites is 1. The van der Waals surface area contributed by atoms with Crippen molar-refractivity contribution in [3.8, 4) is 0 Å². The number of thioether (sulfide) groups is 1. The minimum absolute atomic E-state index is 0.0449. The van der Waals surface area contributed by atoms with Crippen LogP contribution in [0.2, 0.25) is 0 Å². The Morgan fingerprint density at radius 1 is 1.35 bits per heavy atom. The molecule has 0 aromatic heterocycles. The summed E-state index contributed by atoms with van der Waals surface area (Å²) in [7, 11) is 0. The average molecular weight is 250 g/mol. The van der Waals surface area contributed by atoms with Crippen LogP contribution in [0.3, 0.4) is 0 Å². The van der Waals surface area contributed by atoms with E-state index >= 15 is 0 Å². The van der Waals surface area contributed by atoms with Gasteiger partial charge in [-0.2, -0.15) is 0 Å². The molecule has 1 fully saturated rings. The first-order chi connectivity index (χ1) is 8.15. The number of amides is 1. The van der Waals surface area contributed by atoms with Crippen LogP contribution in [-0.2, 0) is 4.79 Å². The maximum absolute atomic E-state index is 12.2. The maximum atomic E-state index is 12.2. The number of hydrogen-bond acceptors (Lipinski definition) is 3. The topological polar surface area (TPSA) is 55.1 Å². The molecule has 1 amide bonds. The van der Waals surface area contributed by atoms with Crippen molar-refractivity contribution in [1.82, 2.24) is 0 Å². The second-order valence-electron chi connectivity index (χ2n) is 4.52. The fourth-order valence-electron chi connectivity index (χ4n) is 2.23. The smallest absolute Gasteiger partial charge is 0.244 e. The van der Waals surface area contributed by atoms with Crippen LogP contribution in [0.4, 0.5) is 5.69 Å². The first kappa shape index (κ1) is 12.5. The maximum Gasteiger partial charge on any atom is 0.244 e. The molecule has 0 atom stereocenters. The third kappa shape index (κ3) is 2.64. The van der Waals surface area contributed by atoms with Crippen molar-refractivity contribution in [2.24, 2.45) is 5.73 Å². The number of anilines is 1. The van der Waals surface area contributed by atoms with Gasteiger partial charge in [0.15, 0.2) is 0 Å². The zero-order valence-electron chi connectivity index (χ0n) is 10.0. The Hall–Kier alpha value is -1.00. The zero-order valence-corrected chi connectivity index (χ0v) is 10.8. The summed E-state index contributed by atoms with van der Waals surface area (Å²) in [4.78, 5) is 13.2. The van der Waals surface area contributed by atoms with Crippen molar-refractivity contribution in [1.29, 1.82) is 0 Å². The Morgan fingerprint density at radius 2 is 2.00 bits per heavy atom. The summed E-state index contributed by atoms with van der Waals surface area (Å²) in [5, 5.41) is 2.96. The van der Waals surface area contributed by atoms with Crippen LogP contribution in [0.1, 0.15) is 25.7 Å². The molecule has 0 aliphatic heterocycles. The number of rotatable bonds is 3. The van der Waals surface area contributed by atoms with E-state index in [1.807, 2.05) is 30.5 Å². The average Bonchev–Trinajstić information content (AvgIpc) is 2.78. The highest BCUT2D eigenvalue weighted by Crippen LogP contribution is 2.30. The van der Waals surface area contributed by atoms with Gasteiger partial charge in [0.05, 0.1) is 11.2 Å². The van der Waals surface area contributed by atoms with E-state index in [2.05, 4.69) is 5.32 Å². The van der Waals surface area contributed by atoms with Crippen molar-refractivity contribution >= 4 is 23.4 Å². The molecule has 1 aromatic carbocycles. The van der Waals surface area contributed by atoms with E-state index in [-0.39, 0.29) is 5.91 Å². The summed E-state index contributed by atoms with van der Waals surface area (Å²) in [6, 6.07) is 7.81. The van der Waals surface area contributed by atoms with E-state index in [0.29, 0.717) is 0 Å². The Balaban J connectivity index is 2.12. The summed E-state index contributed by atoms with van der Waals surface area (Å²) in [5.74, 6) is -0.0449. The molecule has 0 spiro atoms. The number of nitrogens with one attached hydrogen (secondary N) is 1. The summed E-state index contributed by atoms with van der Waals surface area (Å²) in [6.45, 7) is 0. The van der Waals surface area contributed by atoms with Gasteiger partial charge >= 0.3 is 0 Å². The van der Waals surface area contributed by atoms with Crippen LogP contribution >= 0.6 is 11.8 Å². The minimum Gasteiger partial charge on any atom is -0.323 e. The van der Waals surface area contributed by atoms with Crippen molar-refractivity contribution in [3.63, 3.8) is 0 Å². The zero-order chi connectivity index (χ0) is 12.3. The number of hydrogen-bond donors (Lipinski definition) is 2. The van der Waals surface area contributed by atoms with Crippen molar-refractivity contribution in [2.45, 2.75) is 36.1 Å². The fraction of sp³-hybridized carbons (Fsp3) is 0.462. The quantitative estimate of drug-likeness (QED) is 0.811. The lowest BCUT2D eigenvalue weighted by Gasteiger charge is -2.22. The van der Waals surface area contributed by atoms with Crippen LogP contribution in [0.15, 0.2) is 29.2 Å². The van der Waals surface area contributed by atoms with Gasteiger partial charge in [0.1, 0.15) is 0 Å².